The minimum atomic E-state index is 0.330. The molecule has 5 nitrogen and oxygen atoms in total. The first-order valence-corrected chi connectivity index (χ1v) is 8.76. The van der Waals surface area contributed by atoms with Crippen molar-refractivity contribution in [2.75, 3.05) is 0 Å². The zero-order valence-corrected chi connectivity index (χ0v) is 14.8. The Bertz CT molecular complexity index is 794. The smallest absolute Gasteiger partial charge is 0.191 e. The molecule has 1 aromatic carbocycles. The molecule has 0 aliphatic heterocycles. The van der Waals surface area contributed by atoms with Crippen molar-refractivity contribution in [3.05, 3.63) is 53.1 Å². The summed E-state index contributed by atoms with van der Waals surface area (Å²) in [6.07, 6.45) is 1.76. The van der Waals surface area contributed by atoms with Gasteiger partial charge in [0.05, 0.1) is 11.4 Å². The Balaban J connectivity index is 1.84. The molecule has 0 spiro atoms. The standard InChI is InChI=1S/C16H18ClN5S/c1-11(2)21-10-18-19-16(21)23-9-14-12(3)20-22(15(14)17)13-7-5-4-6-8-13/h4-8,10-11H,9H2,1-3H3. The molecule has 0 N–H and O–H groups in total. The van der Waals surface area contributed by atoms with Crippen molar-refractivity contribution < 1.29 is 0 Å². The van der Waals surface area contributed by atoms with Gasteiger partial charge in [0.15, 0.2) is 5.16 Å². The molecule has 3 rings (SSSR count). The van der Waals surface area contributed by atoms with Crippen molar-refractivity contribution in [2.24, 2.45) is 0 Å². The number of hydrogen-bond donors (Lipinski definition) is 0. The van der Waals surface area contributed by atoms with Crippen molar-refractivity contribution in [1.29, 1.82) is 0 Å². The molecular weight excluding hydrogens is 330 g/mol. The van der Waals surface area contributed by atoms with Crippen LogP contribution in [0.4, 0.5) is 0 Å². The van der Waals surface area contributed by atoms with Crippen LogP contribution in [-0.2, 0) is 5.75 Å². The molecule has 0 aliphatic carbocycles. The summed E-state index contributed by atoms with van der Waals surface area (Å²) in [5.74, 6) is 0.711. The van der Waals surface area contributed by atoms with Crippen LogP contribution in [0.5, 0.6) is 0 Å². The van der Waals surface area contributed by atoms with Crippen LogP contribution < -0.4 is 0 Å². The second-order valence-electron chi connectivity index (χ2n) is 5.51. The summed E-state index contributed by atoms with van der Waals surface area (Å²) < 4.78 is 3.83. The minimum absolute atomic E-state index is 0.330. The molecule has 0 bridgehead atoms. The highest BCUT2D eigenvalue weighted by atomic mass is 35.5. The van der Waals surface area contributed by atoms with Crippen molar-refractivity contribution in [3.8, 4) is 5.69 Å². The maximum absolute atomic E-state index is 6.55. The van der Waals surface area contributed by atoms with Gasteiger partial charge in [-0.3, -0.25) is 0 Å². The number of para-hydroxylation sites is 1. The molecule has 0 aliphatic rings. The monoisotopic (exact) mass is 347 g/mol. The van der Waals surface area contributed by atoms with Gasteiger partial charge in [0.2, 0.25) is 0 Å². The topological polar surface area (TPSA) is 48.5 Å². The maximum Gasteiger partial charge on any atom is 0.191 e. The minimum Gasteiger partial charge on any atom is -0.306 e. The van der Waals surface area contributed by atoms with Crippen LogP contribution in [0.1, 0.15) is 31.1 Å². The van der Waals surface area contributed by atoms with E-state index in [9.17, 15) is 0 Å². The number of rotatable bonds is 5. The Labute approximate surface area is 144 Å². The predicted molar refractivity (Wildman–Crippen MR) is 93.3 cm³/mol. The van der Waals surface area contributed by atoms with Crippen molar-refractivity contribution in [1.82, 2.24) is 24.5 Å². The molecule has 120 valence electrons. The van der Waals surface area contributed by atoms with Crippen molar-refractivity contribution >= 4 is 23.4 Å². The third-order valence-electron chi connectivity index (χ3n) is 3.56. The zero-order valence-electron chi connectivity index (χ0n) is 13.3. The highest BCUT2D eigenvalue weighted by molar-refractivity contribution is 7.98. The van der Waals surface area contributed by atoms with Gasteiger partial charge in [0, 0.05) is 17.4 Å². The van der Waals surface area contributed by atoms with E-state index in [1.165, 1.54) is 0 Å². The van der Waals surface area contributed by atoms with E-state index in [0.717, 1.165) is 22.1 Å². The second kappa shape index (κ2) is 6.76. The van der Waals surface area contributed by atoms with Crippen LogP contribution in [0.15, 0.2) is 41.8 Å². The van der Waals surface area contributed by atoms with Gasteiger partial charge in [-0.05, 0) is 32.9 Å². The lowest BCUT2D eigenvalue weighted by atomic mass is 10.3. The fraction of sp³-hybridized carbons (Fsp3) is 0.312. The van der Waals surface area contributed by atoms with Crippen LogP contribution in [0.3, 0.4) is 0 Å². The van der Waals surface area contributed by atoms with E-state index in [-0.39, 0.29) is 0 Å². The predicted octanol–water partition coefficient (Wildman–Crippen LogP) is 4.30. The average molecular weight is 348 g/mol. The lowest BCUT2D eigenvalue weighted by Gasteiger charge is -2.09. The van der Waals surface area contributed by atoms with Gasteiger partial charge in [-0.1, -0.05) is 41.6 Å². The molecule has 0 saturated heterocycles. The first-order valence-electron chi connectivity index (χ1n) is 7.39. The summed E-state index contributed by atoms with van der Waals surface area (Å²) in [4.78, 5) is 0. The lowest BCUT2D eigenvalue weighted by Crippen LogP contribution is -2.01. The molecule has 2 aromatic heterocycles. The number of thioether (sulfide) groups is 1. The van der Waals surface area contributed by atoms with Gasteiger partial charge < -0.3 is 4.57 Å². The molecule has 0 saturated carbocycles. The van der Waals surface area contributed by atoms with Crippen LogP contribution in [0.2, 0.25) is 5.15 Å². The molecule has 0 radical (unpaired) electrons. The number of benzene rings is 1. The molecule has 0 fully saturated rings. The van der Waals surface area contributed by atoms with Crippen LogP contribution >= 0.6 is 23.4 Å². The highest BCUT2D eigenvalue weighted by Crippen LogP contribution is 2.30. The summed E-state index contributed by atoms with van der Waals surface area (Å²) in [5.41, 5.74) is 2.92. The fourth-order valence-corrected chi connectivity index (χ4v) is 3.81. The van der Waals surface area contributed by atoms with E-state index in [1.54, 1.807) is 22.8 Å². The van der Waals surface area contributed by atoms with Gasteiger partial charge in [0.25, 0.3) is 0 Å². The number of aromatic nitrogens is 5. The van der Waals surface area contributed by atoms with Gasteiger partial charge in [-0.2, -0.15) is 5.10 Å². The molecule has 0 amide bonds. The SMILES string of the molecule is Cc1nn(-c2ccccc2)c(Cl)c1CSc1nncn1C(C)C. The lowest BCUT2D eigenvalue weighted by molar-refractivity contribution is 0.549. The molecule has 3 aromatic rings. The van der Waals surface area contributed by atoms with Crippen LogP contribution in [-0.4, -0.2) is 24.5 Å². The molecule has 23 heavy (non-hydrogen) atoms. The quantitative estimate of drug-likeness (QED) is 0.646. The third-order valence-corrected chi connectivity index (χ3v) is 4.94. The maximum atomic E-state index is 6.55. The summed E-state index contributed by atoms with van der Waals surface area (Å²) >= 11 is 8.17. The Morgan fingerprint density at radius 2 is 1.96 bits per heavy atom. The van der Waals surface area contributed by atoms with E-state index in [1.807, 2.05) is 37.3 Å². The first-order chi connectivity index (χ1) is 11.1. The van der Waals surface area contributed by atoms with Gasteiger partial charge in [0.1, 0.15) is 11.5 Å². The van der Waals surface area contributed by atoms with Gasteiger partial charge >= 0.3 is 0 Å². The Hall–Kier alpha value is -1.79. The molecular formula is C16H18ClN5S. The van der Waals surface area contributed by atoms with Gasteiger partial charge in [-0.25, -0.2) is 4.68 Å². The van der Waals surface area contributed by atoms with Crippen LogP contribution in [0, 0.1) is 6.92 Å². The fourth-order valence-electron chi connectivity index (χ4n) is 2.26. The largest absolute Gasteiger partial charge is 0.306 e. The van der Waals surface area contributed by atoms with Gasteiger partial charge in [-0.15, -0.1) is 10.2 Å². The summed E-state index contributed by atoms with van der Waals surface area (Å²) in [6.45, 7) is 6.20. The van der Waals surface area contributed by atoms with Crippen LogP contribution in [0.25, 0.3) is 5.69 Å². The van der Waals surface area contributed by atoms with E-state index in [4.69, 9.17) is 11.6 Å². The van der Waals surface area contributed by atoms with Crippen molar-refractivity contribution in [3.63, 3.8) is 0 Å². The molecule has 0 atom stereocenters. The Morgan fingerprint density at radius 3 is 2.65 bits per heavy atom. The zero-order chi connectivity index (χ0) is 16.4. The Morgan fingerprint density at radius 1 is 1.22 bits per heavy atom. The Kier molecular flexibility index (Phi) is 4.73. The number of nitrogens with zero attached hydrogens (tertiary/aromatic N) is 5. The normalized spacial score (nSPS) is 11.3. The third kappa shape index (κ3) is 3.28. The first kappa shape index (κ1) is 16.1. The number of aryl methyl sites for hydroxylation is 1. The summed E-state index contributed by atoms with van der Waals surface area (Å²) in [6, 6.07) is 10.2. The summed E-state index contributed by atoms with van der Waals surface area (Å²) in [5, 5.41) is 14.3. The molecule has 2 heterocycles. The average Bonchev–Trinajstić information content (AvgIpc) is 3.12. The van der Waals surface area contributed by atoms with E-state index in [0.29, 0.717) is 16.9 Å². The number of hydrogen-bond acceptors (Lipinski definition) is 4. The van der Waals surface area contributed by atoms with E-state index in [2.05, 4.69) is 33.7 Å². The highest BCUT2D eigenvalue weighted by Gasteiger charge is 2.16. The second-order valence-corrected chi connectivity index (χ2v) is 6.81. The summed E-state index contributed by atoms with van der Waals surface area (Å²) in [7, 11) is 0. The molecule has 0 unspecified atom stereocenters. The van der Waals surface area contributed by atoms with Crippen molar-refractivity contribution in [2.45, 2.75) is 37.7 Å². The van der Waals surface area contributed by atoms with E-state index < -0.39 is 0 Å². The molecule has 7 heteroatoms. The van der Waals surface area contributed by atoms with E-state index >= 15 is 0 Å². The number of halogens is 1.